The van der Waals surface area contributed by atoms with Crippen LogP contribution in [0.3, 0.4) is 0 Å². The number of carbonyl (C=O) groups excluding carboxylic acids is 2. The standard InChI is InChI=1S/C13H21FN2O2/c1-3-8(2)10-13(18)16(7-6-14)11(9-4-5-9)12(17)15-10/h8-11H,3-7H2,1-2H3,(H,15,17). The molecule has 2 amide bonds. The van der Waals surface area contributed by atoms with Gasteiger partial charge in [0.2, 0.25) is 11.8 Å². The van der Waals surface area contributed by atoms with Crippen LogP contribution >= 0.6 is 0 Å². The summed E-state index contributed by atoms with van der Waals surface area (Å²) in [5, 5.41) is 2.82. The van der Waals surface area contributed by atoms with E-state index in [2.05, 4.69) is 5.32 Å². The first-order chi connectivity index (χ1) is 8.60. The van der Waals surface area contributed by atoms with E-state index in [-0.39, 0.29) is 30.2 Å². The molecule has 0 spiro atoms. The first-order valence-electron chi connectivity index (χ1n) is 6.77. The molecule has 0 aromatic heterocycles. The van der Waals surface area contributed by atoms with Gasteiger partial charge in [0.05, 0.1) is 0 Å². The molecule has 3 unspecified atom stereocenters. The molecule has 1 saturated heterocycles. The average molecular weight is 256 g/mol. The summed E-state index contributed by atoms with van der Waals surface area (Å²) in [6, 6.07) is -0.919. The smallest absolute Gasteiger partial charge is 0.246 e. The second kappa shape index (κ2) is 5.24. The van der Waals surface area contributed by atoms with Crippen LogP contribution < -0.4 is 5.32 Å². The molecule has 1 heterocycles. The van der Waals surface area contributed by atoms with Crippen molar-refractivity contribution in [3.05, 3.63) is 0 Å². The van der Waals surface area contributed by atoms with Crippen LogP contribution in [0, 0.1) is 11.8 Å². The molecule has 5 heteroatoms. The van der Waals surface area contributed by atoms with Crippen LogP contribution in [0.4, 0.5) is 4.39 Å². The van der Waals surface area contributed by atoms with E-state index in [9.17, 15) is 14.0 Å². The molecule has 0 aromatic rings. The summed E-state index contributed by atoms with van der Waals surface area (Å²) in [7, 11) is 0. The Bertz CT molecular complexity index is 344. The van der Waals surface area contributed by atoms with E-state index in [1.165, 1.54) is 4.90 Å². The van der Waals surface area contributed by atoms with Crippen LogP contribution in [0.1, 0.15) is 33.1 Å². The molecular formula is C13H21FN2O2. The maximum atomic E-state index is 12.6. The summed E-state index contributed by atoms with van der Waals surface area (Å²) in [4.78, 5) is 25.9. The lowest BCUT2D eigenvalue weighted by molar-refractivity contribution is -0.152. The Labute approximate surface area is 107 Å². The van der Waals surface area contributed by atoms with Crippen LogP contribution in [-0.4, -0.2) is 42.0 Å². The minimum absolute atomic E-state index is 0.0420. The minimum atomic E-state index is -0.588. The van der Waals surface area contributed by atoms with Gasteiger partial charge in [0.15, 0.2) is 0 Å². The number of nitrogens with one attached hydrogen (secondary N) is 1. The van der Waals surface area contributed by atoms with Crippen molar-refractivity contribution in [2.24, 2.45) is 11.8 Å². The summed E-state index contributed by atoms with van der Waals surface area (Å²) in [5.74, 6) is 0.108. The Morgan fingerprint density at radius 1 is 1.44 bits per heavy atom. The predicted octanol–water partition coefficient (Wildman–Crippen LogP) is 1.11. The maximum Gasteiger partial charge on any atom is 0.246 e. The van der Waals surface area contributed by atoms with Crippen LogP contribution in [-0.2, 0) is 9.59 Å². The highest BCUT2D eigenvalue weighted by molar-refractivity contribution is 5.97. The number of carbonyl (C=O) groups is 2. The van der Waals surface area contributed by atoms with E-state index in [1.54, 1.807) is 0 Å². The third kappa shape index (κ3) is 2.35. The Morgan fingerprint density at radius 3 is 2.61 bits per heavy atom. The molecule has 2 rings (SSSR count). The van der Waals surface area contributed by atoms with Gasteiger partial charge in [-0.15, -0.1) is 0 Å². The molecule has 2 aliphatic rings. The average Bonchev–Trinajstić information content (AvgIpc) is 3.17. The molecule has 4 nitrogen and oxygen atoms in total. The van der Waals surface area contributed by atoms with Gasteiger partial charge in [0, 0.05) is 6.54 Å². The molecule has 102 valence electrons. The van der Waals surface area contributed by atoms with Gasteiger partial charge in [-0.25, -0.2) is 4.39 Å². The lowest BCUT2D eigenvalue weighted by Crippen LogP contribution is -2.65. The van der Waals surface area contributed by atoms with Crippen molar-refractivity contribution in [2.45, 2.75) is 45.2 Å². The lowest BCUT2D eigenvalue weighted by atomic mass is 9.93. The highest BCUT2D eigenvalue weighted by atomic mass is 19.1. The molecule has 1 aliphatic carbocycles. The van der Waals surface area contributed by atoms with Gasteiger partial charge in [-0.05, 0) is 24.7 Å². The quantitative estimate of drug-likeness (QED) is 0.801. The number of piperazine rings is 1. The third-order valence-corrected chi connectivity index (χ3v) is 4.06. The van der Waals surface area contributed by atoms with Gasteiger partial charge in [0.25, 0.3) is 0 Å². The zero-order valence-corrected chi connectivity index (χ0v) is 11.0. The summed E-state index contributed by atoms with van der Waals surface area (Å²) < 4.78 is 12.6. The molecule has 2 fully saturated rings. The summed E-state index contributed by atoms with van der Waals surface area (Å²) in [6.07, 6.45) is 2.73. The van der Waals surface area contributed by atoms with E-state index in [4.69, 9.17) is 0 Å². The Hall–Kier alpha value is -1.13. The highest BCUT2D eigenvalue weighted by Gasteiger charge is 2.48. The molecule has 1 N–H and O–H groups in total. The molecule has 1 aliphatic heterocycles. The fourth-order valence-electron chi connectivity index (χ4n) is 2.60. The molecule has 1 saturated carbocycles. The number of alkyl halides is 1. The van der Waals surface area contributed by atoms with E-state index in [0.717, 1.165) is 19.3 Å². The Kier molecular flexibility index (Phi) is 3.88. The fraction of sp³-hybridized carbons (Fsp3) is 0.846. The van der Waals surface area contributed by atoms with E-state index in [0.29, 0.717) is 0 Å². The van der Waals surface area contributed by atoms with Crippen LogP contribution in [0.2, 0.25) is 0 Å². The van der Waals surface area contributed by atoms with E-state index in [1.807, 2.05) is 13.8 Å². The second-order valence-electron chi connectivity index (χ2n) is 5.37. The van der Waals surface area contributed by atoms with Crippen molar-refractivity contribution in [3.63, 3.8) is 0 Å². The van der Waals surface area contributed by atoms with Crippen molar-refractivity contribution in [1.29, 1.82) is 0 Å². The van der Waals surface area contributed by atoms with Gasteiger partial charge in [-0.3, -0.25) is 9.59 Å². The zero-order chi connectivity index (χ0) is 13.3. The van der Waals surface area contributed by atoms with Crippen molar-refractivity contribution < 1.29 is 14.0 Å². The number of rotatable bonds is 5. The van der Waals surface area contributed by atoms with Crippen molar-refractivity contribution in [2.75, 3.05) is 13.2 Å². The second-order valence-corrected chi connectivity index (χ2v) is 5.37. The molecule has 0 bridgehead atoms. The first-order valence-corrected chi connectivity index (χ1v) is 6.77. The van der Waals surface area contributed by atoms with Gasteiger partial charge >= 0.3 is 0 Å². The summed E-state index contributed by atoms with van der Waals surface area (Å²) in [6.45, 7) is 3.38. The number of hydrogen-bond acceptors (Lipinski definition) is 2. The highest BCUT2D eigenvalue weighted by Crippen LogP contribution is 2.37. The lowest BCUT2D eigenvalue weighted by Gasteiger charge is -2.40. The molecule has 18 heavy (non-hydrogen) atoms. The van der Waals surface area contributed by atoms with Crippen molar-refractivity contribution >= 4 is 11.8 Å². The van der Waals surface area contributed by atoms with Gasteiger partial charge in [-0.1, -0.05) is 20.3 Å². The van der Waals surface area contributed by atoms with E-state index < -0.39 is 18.8 Å². The molecule has 3 atom stereocenters. The summed E-state index contributed by atoms with van der Waals surface area (Å²) >= 11 is 0. The van der Waals surface area contributed by atoms with Crippen molar-refractivity contribution in [1.82, 2.24) is 10.2 Å². The fourth-order valence-corrected chi connectivity index (χ4v) is 2.60. The third-order valence-electron chi connectivity index (χ3n) is 4.06. The maximum absolute atomic E-state index is 12.6. The number of nitrogens with zero attached hydrogens (tertiary/aromatic N) is 1. The van der Waals surface area contributed by atoms with E-state index >= 15 is 0 Å². The Morgan fingerprint density at radius 2 is 2.11 bits per heavy atom. The largest absolute Gasteiger partial charge is 0.342 e. The Balaban J connectivity index is 2.17. The molecular weight excluding hydrogens is 235 g/mol. The number of hydrogen-bond donors (Lipinski definition) is 1. The van der Waals surface area contributed by atoms with Crippen molar-refractivity contribution in [3.8, 4) is 0 Å². The van der Waals surface area contributed by atoms with Gasteiger partial charge < -0.3 is 10.2 Å². The zero-order valence-electron chi connectivity index (χ0n) is 11.0. The minimum Gasteiger partial charge on any atom is -0.342 e. The normalized spacial score (nSPS) is 30.3. The first kappa shape index (κ1) is 13.3. The number of amides is 2. The SMILES string of the molecule is CCC(C)C1NC(=O)C(C2CC2)N(CCF)C1=O. The molecule has 0 radical (unpaired) electrons. The summed E-state index contributed by atoms with van der Waals surface area (Å²) in [5.41, 5.74) is 0. The topological polar surface area (TPSA) is 49.4 Å². The monoisotopic (exact) mass is 256 g/mol. The molecule has 0 aromatic carbocycles. The predicted molar refractivity (Wildman–Crippen MR) is 65.6 cm³/mol. The van der Waals surface area contributed by atoms with Gasteiger partial charge in [-0.2, -0.15) is 0 Å². The van der Waals surface area contributed by atoms with Gasteiger partial charge in [0.1, 0.15) is 18.8 Å². The number of halogens is 1. The van der Waals surface area contributed by atoms with Crippen LogP contribution in [0.5, 0.6) is 0 Å². The van der Waals surface area contributed by atoms with Crippen LogP contribution in [0.15, 0.2) is 0 Å². The van der Waals surface area contributed by atoms with Crippen LogP contribution in [0.25, 0.3) is 0 Å².